The Kier molecular flexibility index (Phi) is 6.79. The summed E-state index contributed by atoms with van der Waals surface area (Å²) in [7, 11) is -1.95. The van der Waals surface area contributed by atoms with Gasteiger partial charge in [-0.3, -0.25) is 4.31 Å². The molecule has 1 aromatic carbocycles. The number of benzene rings is 1. The molecule has 0 bridgehead atoms. The van der Waals surface area contributed by atoms with Crippen molar-refractivity contribution in [1.29, 1.82) is 0 Å². The molecule has 7 nitrogen and oxygen atoms in total. The van der Waals surface area contributed by atoms with Gasteiger partial charge in [-0.05, 0) is 37.0 Å². The summed E-state index contributed by atoms with van der Waals surface area (Å²) in [6.07, 6.45) is 2.12. The second-order valence-electron chi connectivity index (χ2n) is 9.08. The Balaban J connectivity index is 2.02. The Morgan fingerprint density at radius 2 is 1.80 bits per heavy atom. The molecule has 1 aromatic heterocycles. The monoisotopic (exact) mass is 436 g/mol. The first-order chi connectivity index (χ1) is 14.1. The molecule has 30 heavy (non-hydrogen) atoms. The average molecular weight is 437 g/mol. The lowest BCUT2D eigenvalue weighted by Crippen LogP contribution is -2.41. The van der Waals surface area contributed by atoms with Gasteiger partial charge >= 0.3 is 10.2 Å². The van der Waals surface area contributed by atoms with E-state index in [4.69, 9.17) is 9.72 Å². The third kappa shape index (κ3) is 4.50. The van der Waals surface area contributed by atoms with Gasteiger partial charge < -0.3 is 9.30 Å². The molecule has 1 aliphatic rings. The van der Waals surface area contributed by atoms with E-state index >= 15 is 0 Å². The molecule has 1 saturated heterocycles. The lowest BCUT2D eigenvalue weighted by Gasteiger charge is -2.27. The largest absolute Gasteiger partial charge is 0.381 e. The van der Waals surface area contributed by atoms with Crippen molar-refractivity contribution in [2.75, 3.05) is 37.7 Å². The van der Waals surface area contributed by atoms with Crippen LogP contribution in [0.1, 0.15) is 53.3 Å². The number of hydrogen-bond acceptors (Lipinski definition) is 4. The molecule has 2 aromatic rings. The molecule has 0 spiro atoms. The summed E-state index contributed by atoms with van der Waals surface area (Å²) in [5.74, 6) is 1.61. The number of hydrogen-bond donors (Lipinski definition) is 0. The van der Waals surface area contributed by atoms with Crippen LogP contribution in [0.3, 0.4) is 0 Å². The highest BCUT2D eigenvalue weighted by Gasteiger charge is 2.28. The molecule has 3 rings (SSSR count). The average Bonchev–Trinajstić information content (AvgIpc) is 3.07. The zero-order valence-corrected chi connectivity index (χ0v) is 20.0. The standard InChI is InChI=1S/C22H36N4O3S/c1-7-25(8-2)30(27,28)24(6)18-9-10-20-19(15-18)23-21(22(3,4)5)26(20)16-17-11-13-29-14-12-17/h9-10,15,17H,7-8,11-14,16H2,1-6H3. The Morgan fingerprint density at radius 3 is 2.37 bits per heavy atom. The van der Waals surface area contributed by atoms with Crippen molar-refractivity contribution in [3.05, 3.63) is 24.0 Å². The van der Waals surface area contributed by atoms with Crippen molar-refractivity contribution in [2.24, 2.45) is 5.92 Å². The van der Waals surface area contributed by atoms with E-state index in [0.29, 0.717) is 24.7 Å². The van der Waals surface area contributed by atoms with Gasteiger partial charge in [0, 0.05) is 45.3 Å². The van der Waals surface area contributed by atoms with Gasteiger partial charge in [0.2, 0.25) is 0 Å². The highest BCUT2D eigenvalue weighted by molar-refractivity contribution is 7.90. The quantitative estimate of drug-likeness (QED) is 0.662. The van der Waals surface area contributed by atoms with Crippen LogP contribution in [0.4, 0.5) is 5.69 Å². The number of aromatic nitrogens is 2. The lowest BCUT2D eigenvalue weighted by atomic mass is 9.94. The fourth-order valence-electron chi connectivity index (χ4n) is 4.11. The molecule has 0 aliphatic carbocycles. The van der Waals surface area contributed by atoms with E-state index in [1.54, 1.807) is 7.05 Å². The number of ether oxygens (including phenoxy) is 1. The highest BCUT2D eigenvalue weighted by Crippen LogP contribution is 2.31. The van der Waals surface area contributed by atoms with Crippen LogP contribution in [0.15, 0.2) is 18.2 Å². The first-order valence-corrected chi connectivity index (χ1v) is 12.3. The van der Waals surface area contributed by atoms with E-state index in [0.717, 1.165) is 49.5 Å². The summed E-state index contributed by atoms with van der Waals surface area (Å²) in [4.78, 5) is 4.96. The van der Waals surface area contributed by atoms with Gasteiger partial charge in [-0.25, -0.2) is 4.98 Å². The third-order valence-corrected chi connectivity index (χ3v) is 8.00. The molecule has 0 unspecified atom stereocenters. The topological polar surface area (TPSA) is 67.7 Å². The third-order valence-electron chi connectivity index (χ3n) is 5.93. The van der Waals surface area contributed by atoms with Crippen LogP contribution >= 0.6 is 0 Å². The van der Waals surface area contributed by atoms with Crippen LogP contribution in [0, 0.1) is 5.92 Å². The molecule has 0 atom stereocenters. The SMILES string of the molecule is CCN(CC)S(=O)(=O)N(C)c1ccc2c(c1)nc(C(C)(C)C)n2CC1CCOCC1. The zero-order chi connectivity index (χ0) is 22.1. The molecule has 0 radical (unpaired) electrons. The van der Waals surface area contributed by atoms with Crippen LogP contribution < -0.4 is 4.31 Å². The Labute approximate surface area is 181 Å². The molecular formula is C22H36N4O3S. The minimum Gasteiger partial charge on any atom is -0.381 e. The number of rotatable bonds is 7. The van der Waals surface area contributed by atoms with Crippen LogP contribution in [0.5, 0.6) is 0 Å². The predicted molar refractivity (Wildman–Crippen MR) is 122 cm³/mol. The molecule has 0 saturated carbocycles. The lowest BCUT2D eigenvalue weighted by molar-refractivity contribution is 0.0611. The van der Waals surface area contributed by atoms with Crippen molar-refractivity contribution in [2.45, 2.75) is 59.4 Å². The number of fused-ring (bicyclic) bond motifs is 1. The molecule has 1 aliphatic heterocycles. The van der Waals surface area contributed by atoms with Crippen LogP contribution in [-0.4, -0.2) is 55.6 Å². The van der Waals surface area contributed by atoms with E-state index in [1.807, 2.05) is 32.0 Å². The van der Waals surface area contributed by atoms with Crippen LogP contribution in [0.2, 0.25) is 0 Å². The number of imidazole rings is 1. The van der Waals surface area contributed by atoms with E-state index in [-0.39, 0.29) is 5.41 Å². The van der Waals surface area contributed by atoms with Crippen molar-refractivity contribution < 1.29 is 13.2 Å². The number of nitrogens with zero attached hydrogens (tertiary/aromatic N) is 4. The van der Waals surface area contributed by atoms with Gasteiger partial charge in [0.05, 0.1) is 16.7 Å². The fraction of sp³-hybridized carbons (Fsp3) is 0.682. The van der Waals surface area contributed by atoms with Gasteiger partial charge in [-0.15, -0.1) is 0 Å². The van der Waals surface area contributed by atoms with Crippen molar-refractivity contribution in [3.63, 3.8) is 0 Å². The molecule has 168 valence electrons. The summed E-state index contributed by atoms with van der Waals surface area (Å²) in [5, 5.41) is 0. The summed E-state index contributed by atoms with van der Waals surface area (Å²) >= 11 is 0. The fourth-order valence-corrected chi connectivity index (χ4v) is 5.49. The van der Waals surface area contributed by atoms with Gasteiger partial charge in [0.15, 0.2) is 0 Å². The maximum atomic E-state index is 12.9. The van der Waals surface area contributed by atoms with Crippen molar-refractivity contribution in [3.8, 4) is 0 Å². The summed E-state index contributed by atoms with van der Waals surface area (Å²) in [6, 6.07) is 5.80. The summed E-state index contributed by atoms with van der Waals surface area (Å²) in [6.45, 7) is 13.7. The van der Waals surface area contributed by atoms with Gasteiger partial charge in [0.25, 0.3) is 0 Å². The highest BCUT2D eigenvalue weighted by atomic mass is 32.2. The molecule has 8 heteroatoms. The van der Waals surface area contributed by atoms with Gasteiger partial charge in [0.1, 0.15) is 5.82 Å². The minimum atomic E-state index is -3.56. The Morgan fingerprint density at radius 1 is 1.17 bits per heavy atom. The van der Waals surface area contributed by atoms with Crippen molar-refractivity contribution in [1.82, 2.24) is 13.9 Å². The second-order valence-corrected chi connectivity index (χ2v) is 11.0. The van der Waals surface area contributed by atoms with Crippen LogP contribution in [-0.2, 0) is 26.9 Å². The maximum absolute atomic E-state index is 12.9. The van der Waals surface area contributed by atoms with Gasteiger partial charge in [-0.2, -0.15) is 12.7 Å². The zero-order valence-electron chi connectivity index (χ0n) is 19.2. The molecule has 0 amide bonds. The minimum absolute atomic E-state index is 0.108. The normalized spacial score (nSPS) is 16.5. The van der Waals surface area contributed by atoms with E-state index in [9.17, 15) is 8.42 Å². The molecule has 0 N–H and O–H groups in total. The predicted octanol–water partition coefficient (Wildman–Crippen LogP) is 3.78. The Hall–Kier alpha value is -1.64. The molecule has 1 fully saturated rings. The Bertz CT molecular complexity index is 968. The first-order valence-electron chi connectivity index (χ1n) is 10.9. The summed E-state index contributed by atoms with van der Waals surface area (Å²) < 4.78 is 36.5. The molecule has 2 heterocycles. The summed E-state index contributed by atoms with van der Waals surface area (Å²) in [5.41, 5.74) is 2.42. The maximum Gasteiger partial charge on any atom is 0.303 e. The van der Waals surface area contributed by atoms with E-state index in [2.05, 4.69) is 25.3 Å². The van der Waals surface area contributed by atoms with E-state index < -0.39 is 10.2 Å². The second kappa shape index (κ2) is 8.85. The van der Waals surface area contributed by atoms with Crippen LogP contribution in [0.25, 0.3) is 11.0 Å². The van der Waals surface area contributed by atoms with Crippen molar-refractivity contribution >= 4 is 26.9 Å². The smallest absolute Gasteiger partial charge is 0.303 e. The van der Waals surface area contributed by atoms with E-state index in [1.165, 1.54) is 8.61 Å². The first kappa shape index (κ1) is 23.0. The molecular weight excluding hydrogens is 400 g/mol. The van der Waals surface area contributed by atoms with Gasteiger partial charge in [-0.1, -0.05) is 34.6 Å². The number of anilines is 1.